The molecule has 0 radical (unpaired) electrons. The second-order valence-electron chi connectivity index (χ2n) is 6.58. The van der Waals surface area contributed by atoms with Gasteiger partial charge in [0.2, 0.25) is 0 Å². The van der Waals surface area contributed by atoms with Crippen LogP contribution in [0.2, 0.25) is 0 Å². The van der Waals surface area contributed by atoms with Gasteiger partial charge in [0.15, 0.2) is 19.7 Å². The second kappa shape index (κ2) is 7.40. The number of rotatable bonds is 6. The average Bonchev–Trinajstić information content (AvgIpc) is 3.14. The molecule has 1 N–H and O–H groups in total. The van der Waals surface area contributed by atoms with Gasteiger partial charge in [-0.15, -0.1) is 0 Å². The smallest absolute Gasteiger partial charge is 0.177 e. The zero-order valence-corrected chi connectivity index (χ0v) is 17.3. The van der Waals surface area contributed by atoms with Crippen LogP contribution in [0.5, 0.6) is 0 Å². The van der Waals surface area contributed by atoms with E-state index in [1.807, 2.05) is 43.5 Å². The van der Waals surface area contributed by atoms with Crippen molar-refractivity contribution >= 4 is 25.4 Å². The van der Waals surface area contributed by atoms with Gasteiger partial charge < -0.3 is 5.32 Å². The van der Waals surface area contributed by atoms with Crippen molar-refractivity contribution in [2.24, 2.45) is 0 Å². The molecule has 3 aromatic rings. The van der Waals surface area contributed by atoms with Crippen LogP contribution in [0, 0.1) is 0 Å². The molecule has 0 spiro atoms. The van der Waals surface area contributed by atoms with Crippen LogP contribution >= 0.6 is 0 Å². The van der Waals surface area contributed by atoms with Gasteiger partial charge in [0, 0.05) is 24.9 Å². The van der Waals surface area contributed by atoms with Crippen LogP contribution in [0.25, 0.3) is 5.69 Å². The van der Waals surface area contributed by atoms with E-state index in [1.54, 1.807) is 10.9 Å². The number of hydrogen-bond acceptors (Lipinski definition) is 6. The molecule has 1 atom stereocenters. The lowest BCUT2D eigenvalue weighted by Crippen LogP contribution is -2.13. The minimum absolute atomic E-state index is 0.0388. The zero-order chi connectivity index (χ0) is 20.5. The Bertz CT molecular complexity index is 1200. The highest BCUT2D eigenvalue weighted by Crippen LogP contribution is 2.30. The maximum atomic E-state index is 12.3. The molecular formula is C19H21N3O4S2. The summed E-state index contributed by atoms with van der Waals surface area (Å²) in [6, 6.07) is 13.3. The van der Waals surface area contributed by atoms with Crippen molar-refractivity contribution in [3.05, 3.63) is 66.5 Å². The highest BCUT2D eigenvalue weighted by atomic mass is 32.2. The molecule has 0 bridgehead atoms. The molecule has 9 heteroatoms. The Morgan fingerprint density at radius 1 is 0.964 bits per heavy atom. The molecule has 0 aliphatic heterocycles. The summed E-state index contributed by atoms with van der Waals surface area (Å²) in [5.41, 5.74) is 2.12. The van der Waals surface area contributed by atoms with Crippen molar-refractivity contribution in [2.75, 3.05) is 17.8 Å². The van der Waals surface area contributed by atoms with Crippen molar-refractivity contribution in [3.8, 4) is 5.69 Å². The van der Waals surface area contributed by atoms with E-state index in [-0.39, 0.29) is 15.8 Å². The zero-order valence-electron chi connectivity index (χ0n) is 15.7. The van der Waals surface area contributed by atoms with E-state index < -0.39 is 19.7 Å². The molecule has 0 fully saturated rings. The molecule has 1 unspecified atom stereocenters. The number of hydrogen-bond donors (Lipinski definition) is 1. The van der Waals surface area contributed by atoms with Gasteiger partial charge in [0.1, 0.15) is 0 Å². The van der Waals surface area contributed by atoms with Crippen LogP contribution in [0.15, 0.2) is 70.7 Å². The number of nitrogens with one attached hydrogen (secondary N) is 1. The first-order chi connectivity index (χ1) is 13.1. The average molecular weight is 420 g/mol. The Labute approximate surface area is 164 Å². The summed E-state index contributed by atoms with van der Waals surface area (Å²) in [5, 5.41) is 7.46. The number of benzene rings is 2. The van der Waals surface area contributed by atoms with Crippen molar-refractivity contribution in [1.29, 1.82) is 0 Å². The topological polar surface area (TPSA) is 98.1 Å². The summed E-state index contributed by atoms with van der Waals surface area (Å²) in [6.45, 7) is 1.90. The summed E-state index contributed by atoms with van der Waals surface area (Å²) in [6.07, 6.45) is 5.61. The predicted octanol–water partition coefficient (Wildman–Crippen LogP) is 2.85. The van der Waals surface area contributed by atoms with Crippen LogP contribution in [0.4, 0.5) is 5.69 Å². The van der Waals surface area contributed by atoms with Gasteiger partial charge in [-0.05, 0) is 42.8 Å². The third kappa shape index (κ3) is 4.26. The van der Waals surface area contributed by atoms with Gasteiger partial charge >= 0.3 is 0 Å². The monoisotopic (exact) mass is 419 g/mol. The Balaban J connectivity index is 2.03. The summed E-state index contributed by atoms with van der Waals surface area (Å²) in [4.78, 5) is -0.0954. The summed E-state index contributed by atoms with van der Waals surface area (Å²) in [5.74, 6) is 0. The van der Waals surface area contributed by atoms with Crippen LogP contribution in [-0.2, 0) is 19.7 Å². The first-order valence-electron chi connectivity index (χ1n) is 8.47. The molecule has 0 amide bonds. The molecular weight excluding hydrogens is 398 g/mol. The first-order valence-corrected chi connectivity index (χ1v) is 12.3. The number of anilines is 1. The second-order valence-corrected chi connectivity index (χ2v) is 10.6. The quantitative estimate of drug-likeness (QED) is 0.660. The van der Waals surface area contributed by atoms with Crippen molar-refractivity contribution in [2.45, 2.75) is 22.8 Å². The normalized spacial score (nSPS) is 13.2. The number of nitrogens with zero attached hydrogens (tertiary/aromatic N) is 2. The van der Waals surface area contributed by atoms with Crippen molar-refractivity contribution in [3.63, 3.8) is 0 Å². The molecule has 1 heterocycles. The molecule has 0 aliphatic rings. The SMILES string of the molecule is CC(Nc1ccc(S(C)(=O)=O)cc1S(C)(=O)=O)c1ccccc1-n1cccn1. The van der Waals surface area contributed by atoms with Crippen LogP contribution < -0.4 is 5.32 Å². The Morgan fingerprint density at radius 2 is 1.68 bits per heavy atom. The van der Waals surface area contributed by atoms with E-state index in [1.165, 1.54) is 18.2 Å². The summed E-state index contributed by atoms with van der Waals surface area (Å²) >= 11 is 0. The van der Waals surface area contributed by atoms with Crippen molar-refractivity contribution in [1.82, 2.24) is 9.78 Å². The fourth-order valence-electron chi connectivity index (χ4n) is 2.94. The van der Waals surface area contributed by atoms with E-state index in [9.17, 15) is 16.8 Å². The lowest BCUT2D eigenvalue weighted by Gasteiger charge is -2.21. The van der Waals surface area contributed by atoms with E-state index in [4.69, 9.17) is 0 Å². The van der Waals surface area contributed by atoms with Crippen LogP contribution in [0.1, 0.15) is 18.5 Å². The third-order valence-corrected chi connectivity index (χ3v) is 6.55. The lowest BCUT2D eigenvalue weighted by molar-refractivity contribution is 0.600. The molecule has 3 rings (SSSR count). The number of aromatic nitrogens is 2. The molecule has 28 heavy (non-hydrogen) atoms. The van der Waals surface area contributed by atoms with Gasteiger partial charge in [0.25, 0.3) is 0 Å². The molecule has 0 saturated heterocycles. The maximum absolute atomic E-state index is 12.3. The molecule has 0 aliphatic carbocycles. The molecule has 2 aromatic carbocycles. The number of para-hydroxylation sites is 1. The van der Waals surface area contributed by atoms with Crippen LogP contribution in [0.3, 0.4) is 0 Å². The maximum Gasteiger partial charge on any atom is 0.177 e. The fraction of sp³-hybridized carbons (Fsp3) is 0.211. The van der Waals surface area contributed by atoms with Gasteiger partial charge in [-0.1, -0.05) is 18.2 Å². The van der Waals surface area contributed by atoms with Gasteiger partial charge in [-0.2, -0.15) is 5.10 Å². The molecule has 1 aromatic heterocycles. The molecule has 7 nitrogen and oxygen atoms in total. The molecule has 148 valence electrons. The van der Waals surface area contributed by atoms with Gasteiger partial charge in [0.05, 0.1) is 27.2 Å². The Hall–Kier alpha value is -2.65. The van der Waals surface area contributed by atoms with E-state index in [0.717, 1.165) is 23.8 Å². The predicted molar refractivity (Wildman–Crippen MR) is 108 cm³/mol. The summed E-state index contributed by atoms with van der Waals surface area (Å²) in [7, 11) is -7.17. The largest absolute Gasteiger partial charge is 0.377 e. The standard InChI is InChI=1S/C19H21N3O4S2/c1-14(16-7-4-5-8-18(16)22-12-6-11-20-22)21-17-10-9-15(27(2,23)24)13-19(17)28(3,25)26/h4-14,21H,1-3H3. The van der Waals surface area contributed by atoms with E-state index in [0.29, 0.717) is 5.69 Å². The van der Waals surface area contributed by atoms with E-state index in [2.05, 4.69) is 10.4 Å². The first kappa shape index (κ1) is 20.1. The Morgan fingerprint density at radius 3 is 2.29 bits per heavy atom. The highest BCUT2D eigenvalue weighted by molar-refractivity contribution is 7.91. The van der Waals surface area contributed by atoms with Gasteiger partial charge in [-0.3, -0.25) is 0 Å². The van der Waals surface area contributed by atoms with Gasteiger partial charge in [-0.25, -0.2) is 21.5 Å². The Kier molecular flexibility index (Phi) is 5.31. The number of sulfone groups is 2. The highest BCUT2D eigenvalue weighted by Gasteiger charge is 2.20. The van der Waals surface area contributed by atoms with E-state index >= 15 is 0 Å². The lowest BCUT2D eigenvalue weighted by atomic mass is 10.1. The minimum atomic E-state index is -3.64. The molecule has 0 saturated carbocycles. The fourth-order valence-corrected chi connectivity index (χ4v) is 4.53. The van der Waals surface area contributed by atoms with Crippen molar-refractivity contribution < 1.29 is 16.8 Å². The summed E-state index contributed by atoms with van der Waals surface area (Å²) < 4.78 is 49.9. The van der Waals surface area contributed by atoms with Crippen LogP contribution in [-0.4, -0.2) is 39.1 Å². The third-order valence-electron chi connectivity index (χ3n) is 4.31. The minimum Gasteiger partial charge on any atom is -0.377 e.